The molecule has 0 radical (unpaired) electrons. The van der Waals surface area contributed by atoms with Gasteiger partial charge in [-0.1, -0.05) is 19.9 Å². The van der Waals surface area contributed by atoms with Crippen molar-refractivity contribution in [1.29, 1.82) is 0 Å². The monoisotopic (exact) mass is 395 g/mol. The highest BCUT2D eigenvalue weighted by molar-refractivity contribution is 5.31. The molecule has 0 aromatic carbocycles. The minimum Gasteiger partial charge on any atom is -0.328 e. The largest absolute Gasteiger partial charge is 0.328 e. The molecular formula is C24H37N5. The van der Waals surface area contributed by atoms with Crippen LogP contribution in [0.3, 0.4) is 0 Å². The minimum absolute atomic E-state index is 0.189. The molecule has 0 unspecified atom stereocenters. The van der Waals surface area contributed by atoms with E-state index < -0.39 is 0 Å². The molecule has 0 amide bonds. The highest BCUT2D eigenvalue weighted by atomic mass is 15.2. The topological polar surface area (TPSA) is 37.2 Å². The van der Waals surface area contributed by atoms with E-state index in [0.29, 0.717) is 6.04 Å². The second kappa shape index (κ2) is 8.19. The molecule has 0 N–H and O–H groups in total. The summed E-state index contributed by atoms with van der Waals surface area (Å²) in [6.07, 6.45) is 6.30. The van der Waals surface area contributed by atoms with Crippen LogP contribution in [0.4, 0.5) is 0 Å². The second-order valence-electron chi connectivity index (χ2n) is 9.90. The number of pyridine rings is 1. The van der Waals surface area contributed by atoms with Crippen LogP contribution in [0, 0.1) is 12.8 Å². The summed E-state index contributed by atoms with van der Waals surface area (Å²) in [4.78, 5) is 14.8. The first kappa shape index (κ1) is 20.5. The van der Waals surface area contributed by atoms with E-state index >= 15 is 0 Å². The Hall–Kier alpha value is -1.72. The molecule has 2 aliphatic rings. The van der Waals surface area contributed by atoms with Crippen molar-refractivity contribution in [1.82, 2.24) is 24.3 Å². The molecule has 2 aromatic rings. The number of likely N-dealkylation sites (tertiary alicyclic amines) is 1. The summed E-state index contributed by atoms with van der Waals surface area (Å²) in [6.45, 7) is 18.1. The first-order chi connectivity index (χ1) is 13.9. The average molecular weight is 396 g/mol. The first-order valence-corrected chi connectivity index (χ1v) is 11.3. The first-order valence-electron chi connectivity index (χ1n) is 11.3. The van der Waals surface area contributed by atoms with Gasteiger partial charge in [-0.15, -0.1) is 0 Å². The molecule has 1 spiro atoms. The lowest BCUT2D eigenvalue weighted by molar-refractivity contribution is 0.0840. The van der Waals surface area contributed by atoms with E-state index in [2.05, 4.69) is 60.0 Å². The van der Waals surface area contributed by atoms with Gasteiger partial charge in [-0.05, 0) is 64.3 Å². The molecule has 0 bridgehead atoms. The molecule has 4 heterocycles. The maximum absolute atomic E-state index is 5.18. The Kier molecular flexibility index (Phi) is 5.80. The van der Waals surface area contributed by atoms with Crippen LogP contribution in [0.25, 0.3) is 0 Å². The summed E-state index contributed by atoms with van der Waals surface area (Å²) in [6, 6.07) is 4.70. The summed E-state index contributed by atoms with van der Waals surface area (Å²) in [7, 11) is 0. The summed E-state index contributed by atoms with van der Waals surface area (Å²) < 4.78 is 2.48. The summed E-state index contributed by atoms with van der Waals surface area (Å²) in [5.41, 5.74) is 4.34. The Morgan fingerprint density at radius 2 is 1.86 bits per heavy atom. The molecule has 5 heteroatoms. The number of aromatic nitrogens is 3. The van der Waals surface area contributed by atoms with Crippen LogP contribution in [-0.4, -0.2) is 50.5 Å². The van der Waals surface area contributed by atoms with Gasteiger partial charge in [0.2, 0.25) is 0 Å². The van der Waals surface area contributed by atoms with E-state index in [1.54, 1.807) is 0 Å². The highest BCUT2D eigenvalue weighted by Crippen LogP contribution is 2.42. The van der Waals surface area contributed by atoms with E-state index in [1.807, 2.05) is 18.5 Å². The van der Waals surface area contributed by atoms with Crippen LogP contribution in [0.15, 0.2) is 24.5 Å². The smallest absolute Gasteiger partial charge is 0.106 e. The predicted molar refractivity (Wildman–Crippen MR) is 118 cm³/mol. The fraction of sp³-hybridized carbons (Fsp3) is 0.667. The normalized spacial score (nSPS) is 20.0. The van der Waals surface area contributed by atoms with Crippen LogP contribution in [0.1, 0.15) is 69.4 Å². The fourth-order valence-electron chi connectivity index (χ4n) is 5.56. The molecule has 2 aliphatic heterocycles. The van der Waals surface area contributed by atoms with Crippen molar-refractivity contribution in [3.63, 3.8) is 0 Å². The molecule has 2 aromatic heterocycles. The Morgan fingerprint density at radius 1 is 1.10 bits per heavy atom. The third kappa shape index (κ3) is 4.13. The third-order valence-electron chi connectivity index (χ3n) is 6.67. The van der Waals surface area contributed by atoms with E-state index in [4.69, 9.17) is 4.98 Å². The Balaban J connectivity index is 1.65. The van der Waals surface area contributed by atoms with Gasteiger partial charge >= 0.3 is 0 Å². The standard InChI is InChI=1S/C24H37N5/c1-18(2)14-27-11-8-24(9-12-27)17-28(15-21-7-6-10-25-13-21)16-22-23(24)26-20(5)29(22)19(3)4/h6-7,10,13,18-19H,8-9,11-12,14-17H2,1-5H3. The number of piperidine rings is 1. The SMILES string of the molecule is Cc1nc2c(n1C(C)C)CN(Cc1cccnc1)CC21CCN(CC(C)C)CC1. The van der Waals surface area contributed by atoms with Gasteiger partial charge < -0.3 is 9.47 Å². The van der Waals surface area contributed by atoms with Gasteiger partial charge in [0.05, 0.1) is 11.4 Å². The summed E-state index contributed by atoms with van der Waals surface area (Å²) >= 11 is 0. The molecule has 0 saturated carbocycles. The molecule has 4 rings (SSSR count). The van der Waals surface area contributed by atoms with Crippen molar-refractivity contribution < 1.29 is 0 Å². The quantitative estimate of drug-likeness (QED) is 0.761. The molecule has 5 nitrogen and oxygen atoms in total. The molecule has 158 valence electrons. The van der Waals surface area contributed by atoms with E-state index in [0.717, 1.165) is 25.6 Å². The van der Waals surface area contributed by atoms with Crippen molar-refractivity contribution >= 4 is 0 Å². The van der Waals surface area contributed by atoms with Crippen LogP contribution in [0.5, 0.6) is 0 Å². The van der Waals surface area contributed by atoms with Gasteiger partial charge in [0.15, 0.2) is 0 Å². The lowest BCUT2D eigenvalue weighted by atomic mass is 9.72. The molecule has 0 aliphatic carbocycles. The van der Waals surface area contributed by atoms with Crippen LogP contribution < -0.4 is 0 Å². The number of imidazole rings is 1. The van der Waals surface area contributed by atoms with E-state index in [1.165, 1.54) is 55.3 Å². The second-order valence-corrected chi connectivity index (χ2v) is 9.90. The number of fused-ring (bicyclic) bond motifs is 2. The van der Waals surface area contributed by atoms with E-state index in [9.17, 15) is 0 Å². The summed E-state index contributed by atoms with van der Waals surface area (Å²) in [5, 5.41) is 0. The van der Waals surface area contributed by atoms with Crippen LogP contribution in [-0.2, 0) is 18.5 Å². The maximum Gasteiger partial charge on any atom is 0.106 e. The molecular weight excluding hydrogens is 358 g/mol. The molecule has 29 heavy (non-hydrogen) atoms. The predicted octanol–water partition coefficient (Wildman–Crippen LogP) is 4.17. The van der Waals surface area contributed by atoms with Gasteiger partial charge in [-0.25, -0.2) is 4.98 Å². The minimum atomic E-state index is 0.189. The van der Waals surface area contributed by atoms with Crippen molar-refractivity contribution in [2.45, 2.75) is 72.0 Å². The van der Waals surface area contributed by atoms with Crippen molar-refractivity contribution in [3.8, 4) is 0 Å². The van der Waals surface area contributed by atoms with Gasteiger partial charge in [0, 0.05) is 50.0 Å². The van der Waals surface area contributed by atoms with Gasteiger partial charge in [-0.2, -0.15) is 0 Å². The Bertz CT molecular complexity index is 815. The molecule has 1 fully saturated rings. The van der Waals surface area contributed by atoms with Gasteiger partial charge in [-0.3, -0.25) is 9.88 Å². The average Bonchev–Trinajstić information content (AvgIpc) is 3.01. The molecule has 1 saturated heterocycles. The maximum atomic E-state index is 5.18. The number of hydrogen-bond donors (Lipinski definition) is 0. The Morgan fingerprint density at radius 3 is 2.48 bits per heavy atom. The zero-order valence-corrected chi connectivity index (χ0v) is 18.9. The lowest BCUT2D eigenvalue weighted by Gasteiger charge is -2.47. The van der Waals surface area contributed by atoms with E-state index in [-0.39, 0.29) is 5.41 Å². The number of nitrogens with zero attached hydrogens (tertiary/aromatic N) is 5. The number of hydrogen-bond acceptors (Lipinski definition) is 4. The lowest BCUT2D eigenvalue weighted by Crippen LogP contribution is -2.52. The van der Waals surface area contributed by atoms with Gasteiger partial charge in [0.1, 0.15) is 5.82 Å². The highest BCUT2D eigenvalue weighted by Gasteiger charge is 2.45. The zero-order valence-electron chi connectivity index (χ0n) is 18.9. The van der Waals surface area contributed by atoms with Crippen molar-refractivity contribution in [2.75, 3.05) is 26.2 Å². The van der Waals surface area contributed by atoms with Crippen LogP contribution in [0.2, 0.25) is 0 Å². The van der Waals surface area contributed by atoms with Gasteiger partial charge in [0.25, 0.3) is 0 Å². The van der Waals surface area contributed by atoms with Crippen molar-refractivity contribution in [2.24, 2.45) is 5.92 Å². The third-order valence-corrected chi connectivity index (χ3v) is 6.67. The van der Waals surface area contributed by atoms with Crippen molar-refractivity contribution in [3.05, 3.63) is 47.3 Å². The number of rotatable bonds is 5. The zero-order chi connectivity index (χ0) is 20.6. The summed E-state index contributed by atoms with van der Waals surface area (Å²) in [5.74, 6) is 1.91. The van der Waals surface area contributed by atoms with Crippen LogP contribution >= 0.6 is 0 Å². The fourth-order valence-corrected chi connectivity index (χ4v) is 5.56. The number of aryl methyl sites for hydroxylation is 1. The molecule has 0 atom stereocenters. The Labute approximate surface area is 176 Å².